The molecule has 0 radical (unpaired) electrons. The van der Waals surface area contributed by atoms with Crippen molar-refractivity contribution in [2.75, 3.05) is 18.1 Å². The third-order valence-electron chi connectivity index (χ3n) is 2.06. The molecular weight excluding hydrogens is 162 g/mol. The van der Waals surface area contributed by atoms with Gasteiger partial charge < -0.3 is 5.32 Å². The lowest BCUT2D eigenvalue weighted by molar-refractivity contribution is -0.684. The van der Waals surface area contributed by atoms with Crippen molar-refractivity contribution < 1.29 is 13.7 Å². The van der Waals surface area contributed by atoms with Crippen molar-refractivity contribution in [3.05, 3.63) is 0 Å². The predicted octanol–water partition coefficient (Wildman–Crippen LogP) is -0.853. The van der Waals surface area contributed by atoms with Gasteiger partial charge in [-0.25, -0.2) is 8.42 Å². The highest BCUT2D eigenvalue weighted by molar-refractivity contribution is 7.91. The summed E-state index contributed by atoms with van der Waals surface area (Å²) in [7, 11) is -2.66. The summed E-state index contributed by atoms with van der Waals surface area (Å²) in [5, 5.41) is 2.16. The van der Waals surface area contributed by atoms with Gasteiger partial charge in [0, 0.05) is 6.42 Å². The number of quaternary nitrogens is 1. The fourth-order valence-corrected chi connectivity index (χ4v) is 3.20. The van der Waals surface area contributed by atoms with Gasteiger partial charge >= 0.3 is 0 Å². The van der Waals surface area contributed by atoms with Crippen LogP contribution in [0.3, 0.4) is 0 Å². The second kappa shape index (κ2) is 3.54. The van der Waals surface area contributed by atoms with Gasteiger partial charge in [0.05, 0.1) is 12.3 Å². The van der Waals surface area contributed by atoms with E-state index >= 15 is 0 Å². The van der Waals surface area contributed by atoms with Crippen LogP contribution in [0.4, 0.5) is 0 Å². The molecule has 0 saturated carbocycles. The lowest BCUT2D eigenvalue weighted by Gasteiger charge is -2.04. The summed E-state index contributed by atoms with van der Waals surface area (Å²) in [4.78, 5) is 0. The Kier molecular flexibility index (Phi) is 2.90. The molecule has 1 rings (SSSR count). The van der Waals surface area contributed by atoms with Crippen molar-refractivity contribution in [1.82, 2.24) is 0 Å². The highest BCUT2D eigenvalue weighted by atomic mass is 32.2. The van der Waals surface area contributed by atoms with E-state index in [1.54, 1.807) is 0 Å². The fourth-order valence-electron chi connectivity index (χ4n) is 1.41. The van der Waals surface area contributed by atoms with E-state index in [2.05, 4.69) is 12.2 Å². The number of rotatable bonds is 3. The summed E-state index contributed by atoms with van der Waals surface area (Å²) < 4.78 is 22.0. The quantitative estimate of drug-likeness (QED) is 0.612. The second-order valence-electron chi connectivity index (χ2n) is 3.19. The van der Waals surface area contributed by atoms with E-state index in [-0.39, 0.29) is 0 Å². The average Bonchev–Trinajstić information content (AvgIpc) is 2.26. The summed E-state index contributed by atoms with van der Waals surface area (Å²) in [5.74, 6) is 0.797. The normalized spacial score (nSPS) is 29.0. The minimum atomic E-state index is -2.66. The Morgan fingerprint density at radius 1 is 1.55 bits per heavy atom. The minimum Gasteiger partial charge on any atom is -0.343 e. The van der Waals surface area contributed by atoms with Crippen LogP contribution in [0.5, 0.6) is 0 Å². The maximum absolute atomic E-state index is 11.0. The Hall–Kier alpha value is -0.0900. The summed E-state index contributed by atoms with van der Waals surface area (Å²) >= 11 is 0. The smallest absolute Gasteiger partial charge is 0.156 e. The van der Waals surface area contributed by atoms with Gasteiger partial charge in [0.15, 0.2) is 9.84 Å². The van der Waals surface area contributed by atoms with Crippen molar-refractivity contribution in [1.29, 1.82) is 0 Å². The highest BCUT2D eigenvalue weighted by Gasteiger charge is 2.29. The molecule has 1 aliphatic rings. The van der Waals surface area contributed by atoms with Gasteiger partial charge in [0.1, 0.15) is 11.8 Å². The van der Waals surface area contributed by atoms with E-state index in [9.17, 15) is 8.42 Å². The lowest BCUT2D eigenvalue weighted by atomic mass is 10.2. The van der Waals surface area contributed by atoms with Gasteiger partial charge in [0.25, 0.3) is 0 Å². The molecule has 3 nitrogen and oxygen atoms in total. The van der Waals surface area contributed by atoms with Gasteiger partial charge in [-0.2, -0.15) is 0 Å². The van der Waals surface area contributed by atoms with Gasteiger partial charge in [-0.3, -0.25) is 0 Å². The molecule has 2 N–H and O–H groups in total. The van der Waals surface area contributed by atoms with Crippen LogP contribution in [0.15, 0.2) is 0 Å². The molecule has 0 aromatic carbocycles. The molecule has 66 valence electrons. The first kappa shape index (κ1) is 9.00. The maximum Gasteiger partial charge on any atom is 0.156 e. The Morgan fingerprint density at radius 3 is 2.73 bits per heavy atom. The largest absolute Gasteiger partial charge is 0.343 e. The van der Waals surface area contributed by atoms with Crippen LogP contribution in [0, 0.1) is 0 Å². The molecule has 1 aliphatic heterocycles. The first-order valence-electron chi connectivity index (χ1n) is 4.18. The zero-order chi connectivity index (χ0) is 8.32. The van der Waals surface area contributed by atoms with Gasteiger partial charge in [-0.05, 0) is 6.42 Å². The van der Waals surface area contributed by atoms with Crippen molar-refractivity contribution in [3.8, 4) is 0 Å². The molecular formula is C7H16NO2S+. The molecule has 1 fully saturated rings. The van der Waals surface area contributed by atoms with Crippen molar-refractivity contribution in [2.24, 2.45) is 0 Å². The van der Waals surface area contributed by atoms with Crippen LogP contribution in [-0.4, -0.2) is 32.5 Å². The number of nitrogens with two attached hydrogens (primary N) is 1. The summed E-state index contributed by atoms with van der Waals surface area (Å²) in [6.45, 7) is 3.17. The van der Waals surface area contributed by atoms with Crippen LogP contribution >= 0.6 is 0 Å². The van der Waals surface area contributed by atoms with Crippen molar-refractivity contribution >= 4 is 9.84 Å². The number of hydrogen-bond donors (Lipinski definition) is 1. The molecule has 0 spiro atoms. The Morgan fingerprint density at radius 2 is 2.27 bits per heavy atom. The van der Waals surface area contributed by atoms with E-state index in [4.69, 9.17) is 0 Å². The molecule has 1 atom stereocenters. The first-order chi connectivity index (χ1) is 5.14. The number of sulfone groups is 1. The van der Waals surface area contributed by atoms with Crippen LogP contribution in [0.1, 0.15) is 19.8 Å². The first-order valence-corrected chi connectivity index (χ1v) is 6.00. The van der Waals surface area contributed by atoms with Crippen molar-refractivity contribution in [2.45, 2.75) is 25.8 Å². The van der Waals surface area contributed by atoms with E-state index in [0.29, 0.717) is 17.5 Å². The van der Waals surface area contributed by atoms with Gasteiger partial charge in [-0.15, -0.1) is 0 Å². The standard InChI is InChI=1S/C7H15NO2S/c1-2-4-8-7-3-5-11(9,10)6-7/h7-8H,2-6H2,1H3/p+1. The Bertz CT molecular complexity index is 210. The molecule has 4 heteroatoms. The third kappa shape index (κ3) is 2.79. The van der Waals surface area contributed by atoms with Gasteiger partial charge in [-0.1, -0.05) is 6.92 Å². The van der Waals surface area contributed by atoms with Crippen molar-refractivity contribution in [3.63, 3.8) is 0 Å². The minimum absolute atomic E-state index is 0.347. The zero-order valence-electron chi connectivity index (χ0n) is 6.91. The Balaban J connectivity index is 2.31. The summed E-state index contributed by atoms with van der Waals surface area (Å²) in [6, 6.07) is 0.347. The molecule has 0 aromatic heterocycles. The molecule has 0 amide bonds. The zero-order valence-corrected chi connectivity index (χ0v) is 7.73. The SMILES string of the molecule is CCC[NH2+]C1CCS(=O)(=O)C1. The second-order valence-corrected chi connectivity index (χ2v) is 5.42. The average molecular weight is 178 g/mol. The molecule has 11 heavy (non-hydrogen) atoms. The summed E-state index contributed by atoms with van der Waals surface area (Å²) in [5.41, 5.74) is 0. The molecule has 1 unspecified atom stereocenters. The van der Waals surface area contributed by atoms with Crippen LogP contribution in [-0.2, 0) is 9.84 Å². The topological polar surface area (TPSA) is 50.8 Å². The molecule has 0 aromatic rings. The van der Waals surface area contributed by atoms with Crippen LogP contribution in [0.25, 0.3) is 0 Å². The highest BCUT2D eigenvalue weighted by Crippen LogP contribution is 2.07. The molecule has 1 heterocycles. The Labute approximate surface area is 68.1 Å². The van der Waals surface area contributed by atoms with Crippen LogP contribution < -0.4 is 5.32 Å². The monoisotopic (exact) mass is 178 g/mol. The molecule has 1 saturated heterocycles. The predicted molar refractivity (Wildman–Crippen MR) is 44.1 cm³/mol. The summed E-state index contributed by atoms with van der Waals surface area (Å²) in [6.07, 6.45) is 1.97. The third-order valence-corrected chi connectivity index (χ3v) is 3.85. The van der Waals surface area contributed by atoms with Gasteiger partial charge in [0.2, 0.25) is 0 Å². The van der Waals surface area contributed by atoms with E-state index < -0.39 is 9.84 Å². The van der Waals surface area contributed by atoms with E-state index in [1.165, 1.54) is 0 Å². The fraction of sp³-hybridized carbons (Fsp3) is 1.00. The van der Waals surface area contributed by atoms with E-state index in [1.807, 2.05) is 0 Å². The van der Waals surface area contributed by atoms with E-state index in [0.717, 1.165) is 19.4 Å². The maximum atomic E-state index is 11.0. The van der Waals surface area contributed by atoms with Crippen LogP contribution in [0.2, 0.25) is 0 Å². The lowest BCUT2D eigenvalue weighted by Crippen LogP contribution is -2.90. The molecule has 0 bridgehead atoms. The number of hydrogen-bond acceptors (Lipinski definition) is 2. The molecule has 0 aliphatic carbocycles.